The molecule has 1 aromatic rings. The molecule has 0 bridgehead atoms. The van der Waals surface area contributed by atoms with Crippen LogP contribution < -0.4 is 5.32 Å². The van der Waals surface area contributed by atoms with Crippen molar-refractivity contribution in [1.82, 2.24) is 10.2 Å². The van der Waals surface area contributed by atoms with Gasteiger partial charge in [-0.05, 0) is 38.6 Å². The average Bonchev–Trinajstić information content (AvgIpc) is 2.27. The largest absolute Gasteiger partial charge is 0.348 e. The van der Waals surface area contributed by atoms with Gasteiger partial charge in [0.15, 0.2) is 0 Å². The van der Waals surface area contributed by atoms with Gasteiger partial charge in [-0.25, -0.2) is 0 Å². The Labute approximate surface area is 121 Å². The van der Waals surface area contributed by atoms with Crippen LogP contribution in [0.15, 0.2) is 29.2 Å². The summed E-state index contributed by atoms with van der Waals surface area (Å²) in [7, 11) is 4.04. The van der Waals surface area contributed by atoms with Crippen LogP contribution in [0.5, 0.6) is 0 Å². The summed E-state index contributed by atoms with van der Waals surface area (Å²) in [4.78, 5) is 15.1. The molecule has 4 heteroatoms. The van der Waals surface area contributed by atoms with E-state index < -0.39 is 0 Å². The molecule has 0 saturated heterocycles. The molecule has 0 aliphatic carbocycles. The van der Waals surface area contributed by atoms with E-state index in [1.54, 1.807) is 6.07 Å². The van der Waals surface area contributed by atoms with Crippen molar-refractivity contribution in [2.75, 3.05) is 20.6 Å². The summed E-state index contributed by atoms with van der Waals surface area (Å²) in [5.74, 6) is 0.509. The van der Waals surface area contributed by atoms with Crippen LogP contribution in [0.1, 0.15) is 30.6 Å². The Hall–Kier alpha value is -1.00. The molecule has 1 unspecified atom stereocenters. The van der Waals surface area contributed by atoms with Gasteiger partial charge in [-0.2, -0.15) is 0 Å². The quantitative estimate of drug-likeness (QED) is 0.785. The van der Waals surface area contributed by atoms with Crippen LogP contribution >= 0.6 is 12.6 Å². The molecule has 0 spiro atoms. The van der Waals surface area contributed by atoms with E-state index >= 15 is 0 Å². The second-order valence-corrected chi connectivity index (χ2v) is 6.06. The van der Waals surface area contributed by atoms with E-state index in [4.69, 9.17) is 0 Å². The fourth-order valence-corrected chi connectivity index (χ4v) is 2.38. The van der Waals surface area contributed by atoms with Crippen LogP contribution in [0, 0.1) is 5.92 Å². The third kappa shape index (κ3) is 5.66. The van der Waals surface area contributed by atoms with Crippen LogP contribution in [-0.2, 0) is 0 Å². The lowest BCUT2D eigenvalue weighted by Crippen LogP contribution is -2.42. The second-order valence-electron chi connectivity index (χ2n) is 5.58. The molecule has 0 aliphatic heterocycles. The van der Waals surface area contributed by atoms with Gasteiger partial charge < -0.3 is 10.2 Å². The number of nitrogens with zero attached hydrogens (tertiary/aromatic N) is 1. The lowest BCUT2D eigenvalue weighted by molar-refractivity contribution is 0.0921. The minimum absolute atomic E-state index is 0.0434. The number of hydrogen-bond donors (Lipinski definition) is 2. The van der Waals surface area contributed by atoms with Gasteiger partial charge in [-0.15, -0.1) is 12.6 Å². The minimum Gasteiger partial charge on any atom is -0.348 e. The average molecular weight is 280 g/mol. The second kappa shape index (κ2) is 7.56. The minimum atomic E-state index is -0.0434. The number of thiol groups is 1. The summed E-state index contributed by atoms with van der Waals surface area (Å²) in [5, 5.41) is 3.11. The highest BCUT2D eigenvalue weighted by Crippen LogP contribution is 2.14. The van der Waals surface area contributed by atoms with Crippen molar-refractivity contribution >= 4 is 18.5 Å². The number of nitrogens with one attached hydrogen (secondary N) is 1. The van der Waals surface area contributed by atoms with Crippen LogP contribution in [0.3, 0.4) is 0 Å². The summed E-state index contributed by atoms with van der Waals surface area (Å²) in [5.41, 5.74) is 0.637. The van der Waals surface area contributed by atoms with Crippen molar-refractivity contribution < 1.29 is 4.79 Å². The monoisotopic (exact) mass is 280 g/mol. The molecule has 19 heavy (non-hydrogen) atoms. The summed E-state index contributed by atoms with van der Waals surface area (Å²) < 4.78 is 0. The molecule has 3 nitrogen and oxygen atoms in total. The highest BCUT2D eigenvalue weighted by Gasteiger charge is 2.17. The molecule has 1 N–H and O–H groups in total. The van der Waals surface area contributed by atoms with Gasteiger partial charge >= 0.3 is 0 Å². The Morgan fingerprint density at radius 1 is 1.32 bits per heavy atom. The summed E-state index contributed by atoms with van der Waals surface area (Å²) >= 11 is 4.33. The van der Waals surface area contributed by atoms with Gasteiger partial charge in [0.2, 0.25) is 0 Å². The highest BCUT2D eigenvalue weighted by molar-refractivity contribution is 7.80. The first-order valence-electron chi connectivity index (χ1n) is 6.63. The summed E-state index contributed by atoms with van der Waals surface area (Å²) in [6, 6.07) is 7.54. The van der Waals surface area contributed by atoms with E-state index in [0.717, 1.165) is 13.0 Å². The van der Waals surface area contributed by atoms with E-state index in [2.05, 4.69) is 36.7 Å². The lowest BCUT2D eigenvalue weighted by Gasteiger charge is -2.24. The fourth-order valence-electron chi connectivity index (χ4n) is 2.12. The van der Waals surface area contributed by atoms with Gasteiger partial charge in [0.1, 0.15) is 0 Å². The molecule has 0 heterocycles. The van der Waals surface area contributed by atoms with Crippen molar-refractivity contribution in [3.63, 3.8) is 0 Å². The molecule has 1 amide bonds. The molecule has 106 valence electrons. The Bertz CT molecular complexity index is 408. The zero-order chi connectivity index (χ0) is 14.4. The number of benzene rings is 1. The van der Waals surface area contributed by atoms with Gasteiger partial charge in [0, 0.05) is 17.5 Å². The van der Waals surface area contributed by atoms with Gasteiger partial charge in [0.05, 0.1) is 5.56 Å². The molecular formula is C15H24N2OS. The van der Waals surface area contributed by atoms with Crippen molar-refractivity contribution in [1.29, 1.82) is 0 Å². The smallest absolute Gasteiger partial charge is 0.252 e. The van der Waals surface area contributed by atoms with Crippen LogP contribution in [0.25, 0.3) is 0 Å². The topological polar surface area (TPSA) is 32.3 Å². The van der Waals surface area contributed by atoms with Crippen molar-refractivity contribution in [2.45, 2.75) is 31.2 Å². The molecule has 0 radical (unpaired) electrons. The molecule has 1 atom stereocenters. The van der Waals surface area contributed by atoms with Crippen LogP contribution in [0.2, 0.25) is 0 Å². The maximum absolute atomic E-state index is 12.3. The van der Waals surface area contributed by atoms with E-state index in [-0.39, 0.29) is 11.9 Å². The Balaban J connectivity index is 2.73. The lowest BCUT2D eigenvalue weighted by atomic mass is 10.0. The van der Waals surface area contributed by atoms with Crippen LogP contribution in [0.4, 0.5) is 0 Å². The van der Waals surface area contributed by atoms with E-state index in [0.29, 0.717) is 16.4 Å². The first-order valence-corrected chi connectivity index (χ1v) is 7.08. The number of carbonyl (C=O) groups is 1. The third-order valence-corrected chi connectivity index (χ3v) is 3.22. The summed E-state index contributed by atoms with van der Waals surface area (Å²) in [6.07, 6.45) is 0.971. The molecule has 0 aromatic heterocycles. The predicted octanol–water partition coefficient (Wildman–Crippen LogP) is 2.68. The number of amides is 1. The molecule has 1 rings (SSSR count). The molecule has 0 saturated carbocycles. The normalized spacial score (nSPS) is 12.8. The number of likely N-dealkylation sites (N-methyl/N-ethyl adjacent to an activating group) is 1. The highest BCUT2D eigenvalue weighted by atomic mass is 32.1. The zero-order valence-electron chi connectivity index (χ0n) is 12.2. The van der Waals surface area contributed by atoms with E-state index in [9.17, 15) is 4.79 Å². The summed E-state index contributed by atoms with van der Waals surface area (Å²) in [6.45, 7) is 5.18. The molecule has 0 aliphatic rings. The maximum atomic E-state index is 12.3. The Morgan fingerprint density at radius 2 is 1.95 bits per heavy atom. The molecular weight excluding hydrogens is 256 g/mol. The third-order valence-electron chi connectivity index (χ3n) is 2.83. The van der Waals surface area contributed by atoms with Crippen molar-refractivity contribution in [3.8, 4) is 0 Å². The maximum Gasteiger partial charge on any atom is 0.252 e. The Kier molecular flexibility index (Phi) is 6.38. The zero-order valence-corrected chi connectivity index (χ0v) is 13.1. The van der Waals surface area contributed by atoms with Crippen molar-refractivity contribution in [2.24, 2.45) is 5.92 Å². The van der Waals surface area contributed by atoms with Gasteiger partial charge in [0.25, 0.3) is 5.91 Å². The first kappa shape index (κ1) is 16.1. The first-order chi connectivity index (χ1) is 8.90. The number of hydrogen-bond acceptors (Lipinski definition) is 3. The fraction of sp³-hybridized carbons (Fsp3) is 0.533. The SMILES string of the molecule is CC(C)CC(CN(C)C)NC(=O)c1ccccc1S. The number of rotatable bonds is 6. The van der Waals surface area contributed by atoms with Crippen molar-refractivity contribution in [3.05, 3.63) is 29.8 Å². The van der Waals surface area contributed by atoms with Gasteiger partial charge in [-0.1, -0.05) is 26.0 Å². The van der Waals surface area contributed by atoms with E-state index in [1.807, 2.05) is 32.3 Å². The van der Waals surface area contributed by atoms with E-state index in [1.165, 1.54) is 0 Å². The predicted molar refractivity (Wildman–Crippen MR) is 83.0 cm³/mol. The van der Waals surface area contributed by atoms with Gasteiger partial charge in [-0.3, -0.25) is 4.79 Å². The standard InChI is InChI=1S/C15H24N2OS/c1-11(2)9-12(10-17(3)4)16-15(18)13-7-5-6-8-14(13)19/h5-8,11-12,19H,9-10H2,1-4H3,(H,16,18). The molecule has 0 fully saturated rings. The molecule has 1 aromatic carbocycles. The number of carbonyl (C=O) groups excluding carboxylic acids is 1. The van der Waals surface area contributed by atoms with Crippen LogP contribution in [-0.4, -0.2) is 37.5 Å². The Morgan fingerprint density at radius 3 is 2.47 bits per heavy atom.